The quantitative estimate of drug-likeness (QED) is 0.322. The topological polar surface area (TPSA) is 78.4 Å². The predicted molar refractivity (Wildman–Crippen MR) is 153 cm³/mol. The minimum Gasteiger partial charge on any atom is -0.339 e. The fourth-order valence-electron chi connectivity index (χ4n) is 4.89. The number of hydrogen-bond donors (Lipinski definition) is 1. The maximum atomic E-state index is 13.3. The Balaban J connectivity index is 1.34. The summed E-state index contributed by atoms with van der Waals surface area (Å²) in [7, 11) is -3.53. The molecule has 1 aromatic heterocycles. The van der Waals surface area contributed by atoms with Crippen LogP contribution in [0.15, 0.2) is 77.7 Å². The Hall–Kier alpha value is -3.33. The molecule has 0 bridgehead atoms. The lowest BCUT2D eigenvalue weighted by molar-refractivity contribution is 0.141. The third-order valence-corrected chi connectivity index (χ3v) is 9.31. The highest BCUT2D eigenvalue weighted by molar-refractivity contribution is 7.89. The Labute approximate surface area is 225 Å². The summed E-state index contributed by atoms with van der Waals surface area (Å²) in [4.78, 5) is 12.5. The normalized spacial score (nSPS) is 16.1. The summed E-state index contributed by atoms with van der Waals surface area (Å²) < 4.78 is 28.2. The van der Waals surface area contributed by atoms with Crippen molar-refractivity contribution in [3.05, 3.63) is 89.7 Å². The number of rotatable bonds is 7. The second-order valence-corrected chi connectivity index (χ2v) is 12.2. The van der Waals surface area contributed by atoms with Crippen LogP contribution >= 0.6 is 0 Å². The molecule has 38 heavy (non-hydrogen) atoms. The van der Waals surface area contributed by atoms with E-state index in [2.05, 4.69) is 44.0 Å². The van der Waals surface area contributed by atoms with E-state index in [0.29, 0.717) is 37.0 Å². The molecule has 4 aromatic rings. The van der Waals surface area contributed by atoms with Crippen LogP contribution in [0.1, 0.15) is 49.7 Å². The standard InChI is InChI=1S/C30H35N5O2S/c1-21(2)24-13-15-25(16-14-24)38(36,37)35-19-17-34(18-20-35)23(4)29-32-28-12-8-6-10-26(28)30(33-29)31-27-11-7-5-9-22(27)3/h5-16,21,23H,17-20H2,1-4H3,(H,31,32,33)/t23-/m1/s1. The van der Waals surface area contributed by atoms with Gasteiger partial charge in [0.1, 0.15) is 11.6 Å². The fourth-order valence-corrected chi connectivity index (χ4v) is 6.31. The van der Waals surface area contributed by atoms with Crippen LogP contribution in [-0.2, 0) is 10.0 Å². The summed E-state index contributed by atoms with van der Waals surface area (Å²) in [5.74, 6) is 1.86. The highest BCUT2D eigenvalue weighted by Crippen LogP contribution is 2.29. The molecule has 5 rings (SSSR count). The van der Waals surface area contributed by atoms with Crippen LogP contribution in [0.3, 0.4) is 0 Å². The highest BCUT2D eigenvalue weighted by atomic mass is 32.2. The van der Waals surface area contributed by atoms with Gasteiger partial charge in [-0.3, -0.25) is 4.90 Å². The Morgan fingerprint density at radius 3 is 2.16 bits per heavy atom. The summed E-state index contributed by atoms with van der Waals surface area (Å²) in [6, 6.07) is 23.4. The van der Waals surface area contributed by atoms with Crippen LogP contribution in [0.4, 0.5) is 11.5 Å². The van der Waals surface area contributed by atoms with E-state index >= 15 is 0 Å². The van der Waals surface area contributed by atoms with E-state index in [-0.39, 0.29) is 6.04 Å². The SMILES string of the molecule is Cc1ccccc1Nc1nc([C@@H](C)N2CCN(S(=O)(=O)c3ccc(C(C)C)cc3)CC2)nc2ccccc12. The number of fused-ring (bicyclic) bond motifs is 1. The van der Waals surface area contributed by atoms with Crippen LogP contribution in [0, 0.1) is 6.92 Å². The van der Waals surface area contributed by atoms with Gasteiger partial charge < -0.3 is 5.32 Å². The molecule has 0 spiro atoms. The zero-order valence-corrected chi connectivity index (χ0v) is 23.2. The average Bonchev–Trinajstić information content (AvgIpc) is 2.94. The Morgan fingerprint density at radius 2 is 1.47 bits per heavy atom. The molecule has 8 heteroatoms. The average molecular weight is 530 g/mol. The van der Waals surface area contributed by atoms with E-state index in [9.17, 15) is 8.42 Å². The number of nitrogens with zero attached hydrogens (tertiary/aromatic N) is 4. The molecule has 0 radical (unpaired) electrons. The second-order valence-electron chi connectivity index (χ2n) is 10.2. The van der Waals surface area contributed by atoms with Gasteiger partial charge in [-0.05, 0) is 61.2 Å². The molecule has 1 saturated heterocycles. The van der Waals surface area contributed by atoms with E-state index in [1.807, 2.05) is 54.6 Å². The van der Waals surface area contributed by atoms with Crippen LogP contribution in [0.5, 0.6) is 0 Å². The van der Waals surface area contributed by atoms with E-state index in [4.69, 9.17) is 9.97 Å². The van der Waals surface area contributed by atoms with Crippen molar-refractivity contribution in [2.45, 2.75) is 44.6 Å². The van der Waals surface area contributed by atoms with Gasteiger partial charge in [0, 0.05) is 37.3 Å². The van der Waals surface area contributed by atoms with Crippen molar-refractivity contribution < 1.29 is 8.42 Å². The Bertz CT molecular complexity index is 1530. The first-order valence-electron chi connectivity index (χ1n) is 13.2. The lowest BCUT2D eigenvalue weighted by Crippen LogP contribution is -2.49. The Kier molecular flexibility index (Phi) is 7.47. The largest absolute Gasteiger partial charge is 0.339 e. The third-order valence-electron chi connectivity index (χ3n) is 7.40. The number of anilines is 2. The van der Waals surface area contributed by atoms with Gasteiger partial charge in [0.2, 0.25) is 10.0 Å². The molecule has 1 atom stereocenters. The summed E-state index contributed by atoms with van der Waals surface area (Å²) in [5, 5.41) is 4.48. The van der Waals surface area contributed by atoms with Gasteiger partial charge >= 0.3 is 0 Å². The summed E-state index contributed by atoms with van der Waals surface area (Å²) in [5.41, 5.74) is 4.16. The van der Waals surface area contributed by atoms with Gasteiger partial charge in [0.15, 0.2) is 0 Å². The fraction of sp³-hybridized carbons (Fsp3) is 0.333. The van der Waals surface area contributed by atoms with Gasteiger partial charge in [0.05, 0.1) is 16.5 Å². The van der Waals surface area contributed by atoms with Crippen molar-refractivity contribution in [3.8, 4) is 0 Å². The van der Waals surface area contributed by atoms with E-state index in [1.165, 1.54) is 0 Å². The number of hydrogen-bond acceptors (Lipinski definition) is 6. The van der Waals surface area contributed by atoms with Gasteiger partial charge in [-0.15, -0.1) is 0 Å². The van der Waals surface area contributed by atoms with Crippen LogP contribution < -0.4 is 5.32 Å². The minimum atomic E-state index is -3.53. The molecule has 1 N–H and O–H groups in total. The van der Waals surface area contributed by atoms with Crippen LogP contribution in [0.25, 0.3) is 10.9 Å². The molecule has 0 saturated carbocycles. The molecule has 3 aromatic carbocycles. The maximum Gasteiger partial charge on any atom is 0.243 e. The molecule has 2 heterocycles. The molecule has 7 nitrogen and oxygen atoms in total. The molecule has 1 fully saturated rings. The Morgan fingerprint density at radius 1 is 0.816 bits per heavy atom. The monoisotopic (exact) mass is 529 g/mol. The molecule has 1 aliphatic heterocycles. The zero-order chi connectivity index (χ0) is 26.9. The number of benzene rings is 3. The van der Waals surface area contributed by atoms with Crippen molar-refractivity contribution in [3.63, 3.8) is 0 Å². The number of aromatic nitrogens is 2. The number of para-hydroxylation sites is 2. The van der Waals surface area contributed by atoms with Crippen LogP contribution in [0.2, 0.25) is 0 Å². The van der Waals surface area contributed by atoms with E-state index in [1.54, 1.807) is 16.4 Å². The molecule has 0 unspecified atom stereocenters. The number of piperazine rings is 1. The molecule has 0 aliphatic carbocycles. The highest BCUT2D eigenvalue weighted by Gasteiger charge is 2.31. The van der Waals surface area contributed by atoms with Crippen molar-refractivity contribution in [1.29, 1.82) is 0 Å². The van der Waals surface area contributed by atoms with Crippen LogP contribution in [-0.4, -0.2) is 53.8 Å². The first kappa shape index (κ1) is 26.3. The molecular formula is C30H35N5O2S. The van der Waals surface area contributed by atoms with Gasteiger partial charge in [-0.2, -0.15) is 4.31 Å². The van der Waals surface area contributed by atoms with Gasteiger partial charge in [-0.25, -0.2) is 18.4 Å². The predicted octanol–water partition coefficient (Wildman–Crippen LogP) is 5.87. The second kappa shape index (κ2) is 10.8. The van der Waals surface area contributed by atoms with Gasteiger partial charge in [0.25, 0.3) is 0 Å². The molecule has 0 amide bonds. The first-order chi connectivity index (χ1) is 18.2. The zero-order valence-electron chi connectivity index (χ0n) is 22.4. The lowest BCUT2D eigenvalue weighted by Gasteiger charge is -2.37. The number of sulfonamides is 1. The van der Waals surface area contributed by atoms with Gasteiger partial charge in [-0.1, -0.05) is 56.3 Å². The molecular weight excluding hydrogens is 494 g/mol. The van der Waals surface area contributed by atoms with E-state index in [0.717, 1.165) is 39.4 Å². The van der Waals surface area contributed by atoms with Crippen molar-refractivity contribution in [2.24, 2.45) is 0 Å². The first-order valence-corrected chi connectivity index (χ1v) is 14.6. The lowest BCUT2D eigenvalue weighted by atomic mass is 10.0. The molecule has 1 aliphatic rings. The summed E-state index contributed by atoms with van der Waals surface area (Å²) >= 11 is 0. The van der Waals surface area contributed by atoms with Crippen molar-refractivity contribution in [1.82, 2.24) is 19.2 Å². The summed E-state index contributed by atoms with van der Waals surface area (Å²) in [6.07, 6.45) is 0. The van der Waals surface area contributed by atoms with Crippen molar-refractivity contribution in [2.75, 3.05) is 31.5 Å². The third kappa shape index (κ3) is 5.29. The summed E-state index contributed by atoms with van der Waals surface area (Å²) in [6.45, 7) is 10.5. The minimum absolute atomic E-state index is 0.0628. The number of aryl methyl sites for hydroxylation is 1. The van der Waals surface area contributed by atoms with E-state index < -0.39 is 10.0 Å². The molecule has 198 valence electrons. The maximum absolute atomic E-state index is 13.3. The van der Waals surface area contributed by atoms with Crippen molar-refractivity contribution >= 4 is 32.4 Å². The number of nitrogens with one attached hydrogen (secondary N) is 1. The smallest absolute Gasteiger partial charge is 0.243 e.